The van der Waals surface area contributed by atoms with Gasteiger partial charge in [-0.1, -0.05) is 6.58 Å². The fraction of sp³-hybridized carbons (Fsp3) is 0.538. The number of alkyl halides is 6. The van der Waals surface area contributed by atoms with Crippen LogP contribution < -0.4 is 16.4 Å². The zero-order chi connectivity index (χ0) is 29.7. The van der Waals surface area contributed by atoms with Crippen LogP contribution >= 0.6 is 0 Å². The lowest BCUT2D eigenvalue weighted by molar-refractivity contribution is -0.143. The first-order chi connectivity index (χ1) is 18.7. The molecule has 2 aliphatic rings. The number of nitrogens with two attached hydrogens (primary N) is 1. The van der Waals surface area contributed by atoms with Crippen molar-refractivity contribution < 1.29 is 40.6 Å². The molecule has 3 rings (SSSR count). The fourth-order valence-corrected chi connectivity index (χ4v) is 4.66. The maximum atomic E-state index is 13.3. The molecule has 14 heteroatoms. The molecule has 0 aromatic heterocycles. The third-order valence-electron chi connectivity index (χ3n) is 6.94. The third kappa shape index (κ3) is 7.98. The normalized spacial score (nSPS) is 21.9. The Labute approximate surface area is 228 Å². The predicted molar refractivity (Wildman–Crippen MR) is 137 cm³/mol. The van der Waals surface area contributed by atoms with E-state index in [1.54, 1.807) is 12.0 Å². The zero-order valence-electron chi connectivity index (χ0n) is 22.2. The summed E-state index contributed by atoms with van der Waals surface area (Å²) >= 11 is 0. The van der Waals surface area contributed by atoms with Gasteiger partial charge in [-0.25, -0.2) is 4.99 Å². The Bertz CT molecular complexity index is 1090. The first-order valence-electron chi connectivity index (χ1n) is 12.6. The fourth-order valence-electron chi connectivity index (χ4n) is 4.66. The summed E-state index contributed by atoms with van der Waals surface area (Å²) in [5.74, 6) is -0.485. The summed E-state index contributed by atoms with van der Waals surface area (Å²) in [5, 5.41) is 6.04. The van der Waals surface area contributed by atoms with Gasteiger partial charge in [-0.05, 0) is 44.4 Å². The lowest BCUT2D eigenvalue weighted by Crippen LogP contribution is -2.54. The molecule has 2 unspecified atom stereocenters. The molecule has 0 bridgehead atoms. The van der Waals surface area contributed by atoms with Gasteiger partial charge in [0, 0.05) is 55.8 Å². The van der Waals surface area contributed by atoms with Crippen molar-refractivity contribution in [1.29, 1.82) is 0 Å². The monoisotopic (exact) mass is 577 g/mol. The standard InChI is InChI=1S/C26H33F6N5O3/c1-15(16(2)35-20-11-17(25(27,28)29)10-18(12-20)26(30,31)32)23(34-14-33)24(38)37-7-4-19(5-8-37)36-21-6-9-40-13-22(21)39-3/h10-12,14,19,21-22,35-36H,2,4-9,13H2,1,3H3,(H2,33,34)/b23-15-. The van der Waals surface area contributed by atoms with Gasteiger partial charge in [0.2, 0.25) is 0 Å². The zero-order valence-corrected chi connectivity index (χ0v) is 22.2. The molecular formula is C26H33F6N5O3. The molecule has 40 heavy (non-hydrogen) atoms. The van der Waals surface area contributed by atoms with E-state index in [-0.39, 0.29) is 41.2 Å². The number of aliphatic imine (C=N–C) groups is 1. The number of rotatable bonds is 8. The molecule has 8 nitrogen and oxygen atoms in total. The number of allylic oxidation sites excluding steroid dienone is 1. The highest BCUT2D eigenvalue weighted by atomic mass is 19.4. The van der Waals surface area contributed by atoms with Gasteiger partial charge in [0.25, 0.3) is 5.91 Å². The summed E-state index contributed by atoms with van der Waals surface area (Å²) in [6, 6.07) is 1.38. The summed E-state index contributed by atoms with van der Waals surface area (Å²) in [4.78, 5) is 18.8. The Morgan fingerprint density at radius 3 is 2.25 bits per heavy atom. The molecule has 2 fully saturated rings. The van der Waals surface area contributed by atoms with Gasteiger partial charge in [-0.2, -0.15) is 26.3 Å². The summed E-state index contributed by atoms with van der Waals surface area (Å²) in [6.07, 6.45) is -7.08. The van der Waals surface area contributed by atoms with Gasteiger partial charge >= 0.3 is 12.4 Å². The van der Waals surface area contributed by atoms with Crippen LogP contribution in [0.1, 0.15) is 37.3 Å². The van der Waals surface area contributed by atoms with E-state index in [1.807, 2.05) is 0 Å². The summed E-state index contributed by atoms with van der Waals surface area (Å²) < 4.78 is 90.4. The Kier molecular flexibility index (Phi) is 10.2. The second-order valence-electron chi connectivity index (χ2n) is 9.63. The van der Waals surface area contributed by atoms with Crippen LogP contribution in [-0.2, 0) is 26.6 Å². The Hall–Kier alpha value is -3.10. The van der Waals surface area contributed by atoms with Crippen LogP contribution in [-0.4, -0.2) is 68.7 Å². The molecule has 2 saturated heterocycles. The first kappa shape index (κ1) is 31.4. The van der Waals surface area contributed by atoms with Crippen molar-refractivity contribution in [3.05, 3.63) is 52.9 Å². The van der Waals surface area contributed by atoms with Crippen molar-refractivity contribution >= 4 is 17.9 Å². The van der Waals surface area contributed by atoms with E-state index < -0.39 is 35.1 Å². The number of benzene rings is 1. The number of carbonyl (C=O) groups is 1. The molecule has 2 aliphatic heterocycles. The van der Waals surface area contributed by atoms with Gasteiger partial charge in [0.1, 0.15) is 5.70 Å². The number of hydrogen-bond donors (Lipinski definition) is 3. The lowest BCUT2D eigenvalue weighted by atomic mass is 9.99. The molecule has 4 N–H and O–H groups in total. The van der Waals surface area contributed by atoms with Gasteiger partial charge in [0.15, 0.2) is 0 Å². The number of piperidine rings is 1. The maximum absolute atomic E-state index is 13.3. The van der Waals surface area contributed by atoms with Crippen LogP contribution in [0.15, 0.2) is 46.7 Å². The van der Waals surface area contributed by atoms with Crippen molar-refractivity contribution in [3.63, 3.8) is 0 Å². The van der Waals surface area contributed by atoms with Crippen molar-refractivity contribution in [2.45, 2.75) is 56.7 Å². The topological polar surface area (TPSA) is 101 Å². The number of methoxy groups -OCH3 is 1. The number of amides is 1. The third-order valence-corrected chi connectivity index (χ3v) is 6.94. The van der Waals surface area contributed by atoms with E-state index in [4.69, 9.17) is 15.2 Å². The average Bonchev–Trinajstić information content (AvgIpc) is 2.90. The molecule has 0 saturated carbocycles. The summed E-state index contributed by atoms with van der Waals surface area (Å²) in [6.45, 7) is 7.08. The van der Waals surface area contributed by atoms with Crippen LogP contribution in [0, 0.1) is 0 Å². The molecule has 0 radical (unpaired) electrons. The van der Waals surface area contributed by atoms with Crippen LogP contribution in [0.3, 0.4) is 0 Å². The summed E-state index contributed by atoms with van der Waals surface area (Å²) in [7, 11) is 1.63. The van der Waals surface area contributed by atoms with E-state index in [2.05, 4.69) is 22.2 Å². The molecular weight excluding hydrogens is 544 g/mol. The SMILES string of the molecule is C=C(Nc1cc(C(F)(F)F)cc(C(F)(F)F)c1)/C(C)=C(\N=C/N)C(=O)N1CCC(NC2CCOCC2OC)CC1. The second kappa shape index (κ2) is 13.0. The number of nitrogens with zero attached hydrogens (tertiary/aromatic N) is 2. The van der Waals surface area contributed by atoms with Crippen molar-refractivity contribution in [3.8, 4) is 0 Å². The molecule has 2 heterocycles. The molecule has 222 valence electrons. The number of nitrogens with one attached hydrogen (secondary N) is 2. The second-order valence-corrected chi connectivity index (χ2v) is 9.63. The Balaban J connectivity index is 1.73. The van der Waals surface area contributed by atoms with Crippen molar-refractivity contribution in [2.75, 3.05) is 38.7 Å². The van der Waals surface area contributed by atoms with E-state index in [9.17, 15) is 31.1 Å². The molecule has 2 atom stereocenters. The van der Waals surface area contributed by atoms with Crippen LogP contribution in [0.2, 0.25) is 0 Å². The number of ether oxygens (including phenoxy) is 2. The van der Waals surface area contributed by atoms with Gasteiger partial charge in [-0.15, -0.1) is 0 Å². The van der Waals surface area contributed by atoms with E-state index in [0.29, 0.717) is 51.3 Å². The number of carbonyl (C=O) groups excluding carboxylic acids is 1. The van der Waals surface area contributed by atoms with E-state index >= 15 is 0 Å². The molecule has 0 spiro atoms. The minimum atomic E-state index is -5.01. The minimum Gasteiger partial charge on any atom is -0.390 e. The number of halogens is 6. The van der Waals surface area contributed by atoms with Crippen molar-refractivity contribution in [1.82, 2.24) is 10.2 Å². The average molecular weight is 578 g/mol. The largest absolute Gasteiger partial charge is 0.416 e. The van der Waals surface area contributed by atoms with Gasteiger partial charge < -0.3 is 30.7 Å². The molecule has 1 amide bonds. The van der Waals surface area contributed by atoms with E-state index in [0.717, 1.165) is 12.8 Å². The highest BCUT2D eigenvalue weighted by molar-refractivity contribution is 5.96. The quantitative estimate of drug-likeness (QED) is 0.140. The summed E-state index contributed by atoms with van der Waals surface area (Å²) in [5.41, 5.74) is 1.87. The minimum absolute atomic E-state index is 0.0280. The highest BCUT2D eigenvalue weighted by Crippen LogP contribution is 2.38. The molecule has 1 aromatic rings. The lowest BCUT2D eigenvalue weighted by Gasteiger charge is -2.38. The number of likely N-dealkylation sites (tertiary alicyclic amines) is 1. The maximum Gasteiger partial charge on any atom is 0.416 e. The Morgan fingerprint density at radius 2 is 1.73 bits per heavy atom. The molecule has 0 aliphatic carbocycles. The highest BCUT2D eigenvalue weighted by Gasteiger charge is 2.37. The number of anilines is 1. The van der Waals surface area contributed by atoms with Crippen LogP contribution in [0.5, 0.6) is 0 Å². The van der Waals surface area contributed by atoms with Crippen LogP contribution in [0.4, 0.5) is 32.0 Å². The number of hydrogen-bond acceptors (Lipinski definition) is 6. The van der Waals surface area contributed by atoms with Crippen molar-refractivity contribution in [2.24, 2.45) is 10.7 Å². The van der Waals surface area contributed by atoms with Crippen LogP contribution in [0.25, 0.3) is 0 Å². The van der Waals surface area contributed by atoms with Gasteiger partial charge in [-0.3, -0.25) is 4.79 Å². The van der Waals surface area contributed by atoms with E-state index in [1.165, 1.54) is 6.92 Å². The predicted octanol–water partition coefficient (Wildman–Crippen LogP) is 4.30. The molecule has 1 aromatic carbocycles. The first-order valence-corrected chi connectivity index (χ1v) is 12.6. The Morgan fingerprint density at radius 1 is 1.12 bits per heavy atom. The van der Waals surface area contributed by atoms with Gasteiger partial charge in [0.05, 0.1) is 30.2 Å². The smallest absolute Gasteiger partial charge is 0.390 e.